The van der Waals surface area contributed by atoms with Crippen molar-refractivity contribution in [2.75, 3.05) is 0 Å². The van der Waals surface area contributed by atoms with Gasteiger partial charge in [-0.15, -0.1) is 0 Å². The molecule has 1 unspecified atom stereocenters. The highest BCUT2D eigenvalue weighted by Crippen LogP contribution is 2.21. The van der Waals surface area contributed by atoms with E-state index in [0.717, 1.165) is 17.0 Å². The number of benzene rings is 2. The van der Waals surface area contributed by atoms with Crippen molar-refractivity contribution in [1.82, 2.24) is 19.9 Å². The Morgan fingerprint density at radius 1 is 1.11 bits per heavy atom. The summed E-state index contributed by atoms with van der Waals surface area (Å²) in [5, 5.41) is 3.07. The molecule has 0 aliphatic rings. The Kier molecular flexibility index (Phi) is 5.01. The van der Waals surface area contributed by atoms with Gasteiger partial charge in [0.05, 0.1) is 12.1 Å². The van der Waals surface area contributed by atoms with Crippen LogP contribution in [0.15, 0.2) is 83.7 Å². The smallest absolute Gasteiger partial charge is 0.226 e. The number of carbonyl (C=O) groups excluding carboxylic acids is 1. The van der Waals surface area contributed by atoms with E-state index in [2.05, 4.69) is 15.3 Å². The fourth-order valence-electron chi connectivity index (χ4n) is 3.08. The molecule has 4 rings (SSSR count). The molecule has 6 nitrogen and oxygen atoms in total. The summed E-state index contributed by atoms with van der Waals surface area (Å²) in [4.78, 5) is 21.6. The van der Waals surface area contributed by atoms with Gasteiger partial charge in [0.2, 0.25) is 11.8 Å². The van der Waals surface area contributed by atoms with Crippen LogP contribution in [-0.4, -0.2) is 20.4 Å². The van der Waals surface area contributed by atoms with E-state index in [1.54, 1.807) is 6.20 Å². The predicted octanol–water partition coefficient (Wildman–Crippen LogP) is 3.52. The van der Waals surface area contributed by atoms with Crippen LogP contribution in [0.4, 0.5) is 0 Å². The van der Waals surface area contributed by atoms with Crippen molar-refractivity contribution in [2.45, 2.75) is 12.5 Å². The third-order valence-corrected chi connectivity index (χ3v) is 4.47. The van der Waals surface area contributed by atoms with E-state index in [4.69, 9.17) is 4.42 Å². The average Bonchev–Trinajstić information content (AvgIpc) is 3.36. The molecule has 0 aliphatic carbocycles. The van der Waals surface area contributed by atoms with E-state index in [-0.39, 0.29) is 18.4 Å². The number of nitrogens with zero attached hydrogens (tertiary/aromatic N) is 3. The van der Waals surface area contributed by atoms with Gasteiger partial charge in [-0.25, -0.2) is 9.97 Å². The average molecular weight is 372 g/mol. The van der Waals surface area contributed by atoms with Gasteiger partial charge in [-0.2, -0.15) is 0 Å². The number of hydrogen-bond acceptors (Lipinski definition) is 4. The van der Waals surface area contributed by atoms with Crippen molar-refractivity contribution in [3.05, 3.63) is 96.4 Å². The van der Waals surface area contributed by atoms with Gasteiger partial charge in [0.15, 0.2) is 0 Å². The Hall–Kier alpha value is -3.67. The first-order chi connectivity index (χ1) is 13.7. The van der Waals surface area contributed by atoms with E-state index in [9.17, 15) is 4.79 Å². The summed E-state index contributed by atoms with van der Waals surface area (Å²) in [5.41, 5.74) is 2.43. The highest BCUT2D eigenvalue weighted by Gasteiger charge is 2.21. The minimum atomic E-state index is -0.339. The summed E-state index contributed by atoms with van der Waals surface area (Å²) < 4.78 is 7.43. The Morgan fingerprint density at radius 2 is 1.82 bits per heavy atom. The van der Waals surface area contributed by atoms with E-state index < -0.39 is 0 Å². The fourth-order valence-corrected chi connectivity index (χ4v) is 3.08. The molecule has 2 aromatic heterocycles. The summed E-state index contributed by atoms with van der Waals surface area (Å²) in [6.45, 7) is 0. The van der Waals surface area contributed by atoms with Crippen LogP contribution in [-0.2, 0) is 18.3 Å². The maximum absolute atomic E-state index is 12.7. The topological polar surface area (TPSA) is 73.0 Å². The minimum absolute atomic E-state index is 0.129. The summed E-state index contributed by atoms with van der Waals surface area (Å²) in [6, 6.07) is 19.1. The second kappa shape index (κ2) is 7.92. The summed E-state index contributed by atoms with van der Waals surface area (Å²) in [5.74, 6) is 1.13. The number of carbonyl (C=O) groups is 1. The van der Waals surface area contributed by atoms with Gasteiger partial charge >= 0.3 is 0 Å². The zero-order chi connectivity index (χ0) is 19.3. The number of rotatable bonds is 6. The zero-order valence-corrected chi connectivity index (χ0v) is 15.4. The van der Waals surface area contributed by atoms with Crippen LogP contribution < -0.4 is 5.32 Å². The number of nitrogens with one attached hydrogen (secondary N) is 1. The molecule has 0 aliphatic heterocycles. The summed E-state index contributed by atoms with van der Waals surface area (Å²) in [7, 11) is 1.91. The molecule has 1 atom stereocenters. The van der Waals surface area contributed by atoms with E-state index in [1.165, 1.54) is 6.26 Å². The minimum Gasteiger partial charge on any atom is -0.444 e. The van der Waals surface area contributed by atoms with Crippen molar-refractivity contribution in [3.63, 3.8) is 0 Å². The van der Waals surface area contributed by atoms with E-state index in [1.807, 2.05) is 78.5 Å². The van der Waals surface area contributed by atoms with E-state index >= 15 is 0 Å². The molecule has 140 valence electrons. The van der Waals surface area contributed by atoms with Crippen molar-refractivity contribution in [1.29, 1.82) is 0 Å². The molecule has 2 heterocycles. The van der Waals surface area contributed by atoms with Crippen molar-refractivity contribution in [2.24, 2.45) is 7.05 Å². The van der Waals surface area contributed by atoms with Crippen LogP contribution in [0, 0.1) is 0 Å². The quantitative estimate of drug-likeness (QED) is 0.562. The molecule has 4 aromatic rings. The lowest BCUT2D eigenvalue weighted by Gasteiger charge is -2.19. The van der Waals surface area contributed by atoms with Crippen LogP contribution in [0.3, 0.4) is 0 Å². The third kappa shape index (κ3) is 3.86. The number of aromatic nitrogens is 3. The molecule has 0 saturated heterocycles. The first-order valence-electron chi connectivity index (χ1n) is 9.02. The van der Waals surface area contributed by atoms with Crippen molar-refractivity contribution < 1.29 is 9.21 Å². The van der Waals surface area contributed by atoms with Crippen LogP contribution >= 0.6 is 0 Å². The van der Waals surface area contributed by atoms with Gasteiger partial charge in [-0.3, -0.25) is 4.79 Å². The Balaban J connectivity index is 1.51. The number of imidazole rings is 1. The van der Waals surface area contributed by atoms with Gasteiger partial charge in [-0.1, -0.05) is 48.5 Å². The van der Waals surface area contributed by atoms with Crippen LogP contribution in [0.2, 0.25) is 0 Å². The lowest BCUT2D eigenvalue weighted by molar-refractivity contribution is -0.121. The maximum Gasteiger partial charge on any atom is 0.226 e. The number of aryl methyl sites for hydroxylation is 1. The lowest BCUT2D eigenvalue weighted by atomic mass is 10.1. The van der Waals surface area contributed by atoms with Gasteiger partial charge in [0.1, 0.15) is 18.1 Å². The maximum atomic E-state index is 12.7. The fraction of sp³-hybridized carbons (Fsp3) is 0.136. The van der Waals surface area contributed by atoms with E-state index in [0.29, 0.717) is 11.6 Å². The van der Waals surface area contributed by atoms with Gasteiger partial charge < -0.3 is 14.3 Å². The molecule has 0 radical (unpaired) electrons. The summed E-state index contributed by atoms with van der Waals surface area (Å²) >= 11 is 0. The molecular formula is C22H20N4O2. The molecular weight excluding hydrogens is 352 g/mol. The third-order valence-electron chi connectivity index (χ3n) is 4.47. The van der Waals surface area contributed by atoms with Crippen molar-refractivity contribution >= 4 is 5.91 Å². The Morgan fingerprint density at radius 3 is 2.50 bits per heavy atom. The summed E-state index contributed by atoms with van der Waals surface area (Å²) in [6.07, 6.45) is 5.24. The molecule has 1 amide bonds. The molecule has 0 saturated carbocycles. The number of hydrogen-bond donors (Lipinski definition) is 1. The SMILES string of the molecule is Cn1ccnc1C(NC(=O)Cc1coc(-c2ccccc2)n1)c1ccccc1. The highest BCUT2D eigenvalue weighted by molar-refractivity contribution is 5.79. The Labute approximate surface area is 162 Å². The monoisotopic (exact) mass is 372 g/mol. The zero-order valence-electron chi connectivity index (χ0n) is 15.4. The van der Waals surface area contributed by atoms with Crippen LogP contribution in [0.25, 0.3) is 11.5 Å². The number of amides is 1. The molecule has 6 heteroatoms. The molecule has 0 spiro atoms. The Bertz CT molecular complexity index is 1050. The van der Waals surface area contributed by atoms with Crippen molar-refractivity contribution in [3.8, 4) is 11.5 Å². The van der Waals surface area contributed by atoms with Gasteiger partial charge in [0.25, 0.3) is 0 Å². The number of oxazole rings is 1. The molecule has 1 N–H and O–H groups in total. The predicted molar refractivity (Wildman–Crippen MR) is 105 cm³/mol. The first kappa shape index (κ1) is 17.7. The highest BCUT2D eigenvalue weighted by atomic mass is 16.3. The van der Waals surface area contributed by atoms with Crippen LogP contribution in [0.5, 0.6) is 0 Å². The standard InChI is InChI=1S/C22H20N4O2/c1-26-13-12-23-21(26)20(16-8-4-2-5-9-16)25-19(27)14-18-15-28-22(24-18)17-10-6-3-7-11-17/h2-13,15,20H,14H2,1H3,(H,25,27). The second-order valence-corrected chi connectivity index (χ2v) is 6.49. The van der Waals surface area contributed by atoms with Gasteiger partial charge in [0, 0.05) is 25.0 Å². The second-order valence-electron chi connectivity index (χ2n) is 6.49. The molecule has 0 bridgehead atoms. The molecule has 0 fully saturated rings. The molecule has 28 heavy (non-hydrogen) atoms. The van der Waals surface area contributed by atoms with Gasteiger partial charge in [-0.05, 0) is 17.7 Å². The normalized spacial score (nSPS) is 11.9. The molecule has 2 aromatic carbocycles. The van der Waals surface area contributed by atoms with Crippen LogP contribution in [0.1, 0.15) is 23.1 Å². The lowest BCUT2D eigenvalue weighted by Crippen LogP contribution is -2.32. The first-order valence-corrected chi connectivity index (χ1v) is 9.02. The largest absolute Gasteiger partial charge is 0.444 e.